The van der Waals surface area contributed by atoms with E-state index in [-0.39, 0.29) is 18.0 Å². The zero-order valence-electron chi connectivity index (χ0n) is 12.0. The third-order valence-electron chi connectivity index (χ3n) is 3.90. The second-order valence-electron chi connectivity index (χ2n) is 5.97. The average molecular weight is 270 g/mol. The standard InChI is InChI=1S/C14H26N2O3/c1-11(5-6-12(17)18)7-10-15-13(19)16-14(2)8-3-4-9-14/h11H,3-10H2,1-2H3,(H,17,18)(H2,15,16,19). The first-order chi connectivity index (χ1) is 8.91. The number of urea groups is 1. The molecule has 5 nitrogen and oxygen atoms in total. The van der Waals surface area contributed by atoms with Crippen molar-refractivity contribution in [2.75, 3.05) is 6.54 Å². The Morgan fingerprint density at radius 3 is 2.47 bits per heavy atom. The molecule has 19 heavy (non-hydrogen) atoms. The fourth-order valence-corrected chi connectivity index (χ4v) is 2.54. The fourth-order valence-electron chi connectivity index (χ4n) is 2.54. The second kappa shape index (κ2) is 7.36. The van der Waals surface area contributed by atoms with Gasteiger partial charge < -0.3 is 15.7 Å². The van der Waals surface area contributed by atoms with Crippen LogP contribution in [0.15, 0.2) is 0 Å². The molecule has 1 aliphatic carbocycles. The van der Waals surface area contributed by atoms with Crippen molar-refractivity contribution in [2.24, 2.45) is 5.92 Å². The lowest BCUT2D eigenvalue weighted by molar-refractivity contribution is -0.137. The summed E-state index contributed by atoms with van der Waals surface area (Å²) in [4.78, 5) is 22.2. The van der Waals surface area contributed by atoms with Crippen LogP contribution in [0.25, 0.3) is 0 Å². The van der Waals surface area contributed by atoms with Gasteiger partial charge in [0.2, 0.25) is 0 Å². The maximum Gasteiger partial charge on any atom is 0.315 e. The lowest BCUT2D eigenvalue weighted by Crippen LogP contribution is -2.48. The molecular formula is C14H26N2O3. The number of carbonyl (C=O) groups is 2. The van der Waals surface area contributed by atoms with Crippen molar-refractivity contribution in [3.05, 3.63) is 0 Å². The van der Waals surface area contributed by atoms with E-state index in [2.05, 4.69) is 17.6 Å². The smallest absolute Gasteiger partial charge is 0.315 e. The molecule has 0 aromatic heterocycles. The number of hydrogen-bond donors (Lipinski definition) is 3. The molecule has 5 heteroatoms. The van der Waals surface area contributed by atoms with Crippen molar-refractivity contribution in [2.45, 2.75) is 64.3 Å². The van der Waals surface area contributed by atoms with E-state index in [9.17, 15) is 9.59 Å². The quantitative estimate of drug-likeness (QED) is 0.665. The number of carbonyl (C=O) groups excluding carboxylic acids is 1. The van der Waals surface area contributed by atoms with Crippen molar-refractivity contribution < 1.29 is 14.7 Å². The summed E-state index contributed by atoms with van der Waals surface area (Å²) in [6.07, 6.45) is 6.15. The highest BCUT2D eigenvalue weighted by molar-refractivity contribution is 5.74. The van der Waals surface area contributed by atoms with E-state index in [1.807, 2.05) is 6.92 Å². The Bertz CT molecular complexity index is 312. The number of carboxylic acids is 1. The summed E-state index contributed by atoms with van der Waals surface area (Å²) in [5.41, 5.74) is -0.0427. The maximum absolute atomic E-state index is 11.7. The molecule has 3 N–H and O–H groups in total. The molecule has 1 fully saturated rings. The van der Waals surface area contributed by atoms with Gasteiger partial charge in [0.05, 0.1) is 0 Å². The Kier molecular flexibility index (Phi) is 6.12. The van der Waals surface area contributed by atoms with Crippen LogP contribution in [0.2, 0.25) is 0 Å². The average Bonchev–Trinajstić information content (AvgIpc) is 2.73. The van der Waals surface area contributed by atoms with Gasteiger partial charge in [-0.05, 0) is 38.5 Å². The molecule has 0 bridgehead atoms. The molecule has 1 unspecified atom stereocenters. The van der Waals surface area contributed by atoms with Gasteiger partial charge in [0.1, 0.15) is 0 Å². The summed E-state index contributed by atoms with van der Waals surface area (Å²) >= 11 is 0. The van der Waals surface area contributed by atoms with Crippen molar-refractivity contribution >= 4 is 12.0 Å². The van der Waals surface area contributed by atoms with Crippen molar-refractivity contribution in [1.82, 2.24) is 10.6 Å². The molecule has 1 saturated carbocycles. The molecule has 2 amide bonds. The summed E-state index contributed by atoms with van der Waals surface area (Å²) in [6.45, 7) is 4.71. The van der Waals surface area contributed by atoms with Crippen LogP contribution in [-0.2, 0) is 4.79 Å². The highest BCUT2D eigenvalue weighted by atomic mass is 16.4. The van der Waals surface area contributed by atoms with E-state index in [0.717, 1.165) is 19.3 Å². The van der Waals surface area contributed by atoms with Gasteiger partial charge in [-0.25, -0.2) is 4.79 Å². The van der Waals surface area contributed by atoms with Crippen LogP contribution in [0, 0.1) is 5.92 Å². The van der Waals surface area contributed by atoms with E-state index >= 15 is 0 Å². The summed E-state index contributed by atoms with van der Waals surface area (Å²) in [6, 6.07) is -0.102. The fraction of sp³-hybridized carbons (Fsp3) is 0.857. The Hall–Kier alpha value is -1.26. The maximum atomic E-state index is 11.7. The SMILES string of the molecule is CC(CCNC(=O)NC1(C)CCCC1)CCC(=O)O. The second-order valence-corrected chi connectivity index (χ2v) is 5.97. The summed E-state index contributed by atoms with van der Waals surface area (Å²) in [5, 5.41) is 14.5. The first-order valence-electron chi connectivity index (χ1n) is 7.19. The molecule has 0 radical (unpaired) electrons. The van der Waals surface area contributed by atoms with Crippen LogP contribution < -0.4 is 10.6 Å². The molecule has 0 aromatic rings. The summed E-state index contributed by atoms with van der Waals surface area (Å²) in [5.74, 6) is -0.440. The predicted molar refractivity (Wildman–Crippen MR) is 74.1 cm³/mol. The van der Waals surface area contributed by atoms with Gasteiger partial charge in [0.25, 0.3) is 0 Å². The minimum Gasteiger partial charge on any atom is -0.481 e. The molecule has 0 spiro atoms. The predicted octanol–water partition coefficient (Wildman–Crippen LogP) is 2.51. The third-order valence-corrected chi connectivity index (χ3v) is 3.90. The number of aliphatic carboxylic acids is 1. The minimum absolute atomic E-state index is 0.0427. The zero-order chi connectivity index (χ0) is 14.3. The van der Waals surface area contributed by atoms with Gasteiger partial charge >= 0.3 is 12.0 Å². The largest absolute Gasteiger partial charge is 0.481 e. The van der Waals surface area contributed by atoms with E-state index in [4.69, 9.17) is 5.11 Å². The van der Waals surface area contributed by atoms with Crippen LogP contribution >= 0.6 is 0 Å². The Labute approximate surface area is 115 Å². The van der Waals surface area contributed by atoms with Gasteiger partial charge in [-0.15, -0.1) is 0 Å². The van der Waals surface area contributed by atoms with Crippen LogP contribution in [-0.4, -0.2) is 29.2 Å². The van der Waals surface area contributed by atoms with Crippen molar-refractivity contribution in [1.29, 1.82) is 0 Å². The Morgan fingerprint density at radius 1 is 1.26 bits per heavy atom. The van der Waals surface area contributed by atoms with E-state index in [1.165, 1.54) is 12.8 Å². The van der Waals surface area contributed by atoms with Crippen molar-refractivity contribution in [3.63, 3.8) is 0 Å². The Morgan fingerprint density at radius 2 is 1.89 bits per heavy atom. The molecule has 1 aliphatic rings. The van der Waals surface area contributed by atoms with Gasteiger partial charge in [-0.2, -0.15) is 0 Å². The lowest BCUT2D eigenvalue weighted by atomic mass is 10.0. The highest BCUT2D eigenvalue weighted by Crippen LogP contribution is 2.28. The van der Waals surface area contributed by atoms with Gasteiger partial charge in [0, 0.05) is 18.5 Å². The minimum atomic E-state index is -0.758. The summed E-state index contributed by atoms with van der Waals surface area (Å²) in [7, 11) is 0. The molecule has 110 valence electrons. The molecule has 0 aliphatic heterocycles. The number of carboxylic acid groups (broad SMARTS) is 1. The van der Waals surface area contributed by atoms with Crippen molar-refractivity contribution in [3.8, 4) is 0 Å². The zero-order valence-corrected chi connectivity index (χ0v) is 12.0. The van der Waals surface area contributed by atoms with Gasteiger partial charge in [-0.1, -0.05) is 19.8 Å². The van der Waals surface area contributed by atoms with E-state index < -0.39 is 5.97 Å². The highest BCUT2D eigenvalue weighted by Gasteiger charge is 2.29. The molecule has 0 heterocycles. The first-order valence-corrected chi connectivity index (χ1v) is 7.19. The topological polar surface area (TPSA) is 78.4 Å². The third kappa shape index (κ3) is 6.45. The number of hydrogen-bond acceptors (Lipinski definition) is 2. The molecule has 0 saturated heterocycles. The van der Waals surface area contributed by atoms with Gasteiger partial charge in [-0.3, -0.25) is 4.79 Å². The number of amides is 2. The molecule has 1 rings (SSSR count). The van der Waals surface area contributed by atoms with Crippen LogP contribution in [0.1, 0.15) is 58.8 Å². The number of nitrogens with one attached hydrogen (secondary N) is 2. The van der Waals surface area contributed by atoms with Crippen LogP contribution in [0.3, 0.4) is 0 Å². The monoisotopic (exact) mass is 270 g/mol. The molecule has 1 atom stereocenters. The normalized spacial score (nSPS) is 18.8. The van der Waals surface area contributed by atoms with Gasteiger partial charge in [0.15, 0.2) is 0 Å². The Balaban J connectivity index is 2.11. The van der Waals surface area contributed by atoms with E-state index in [0.29, 0.717) is 18.9 Å². The van der Waals surface area contributed by atoms with E-state index in [1.54, 1.807) is 0 Å². The molecular weight excluding hydrogens is 244 g/mol. The molecule has 0 aromatic carbocycles. The lowest BCUT2D eigenvalue weighted by Gasteiger charge is -2.25. The van der Waals surface area contributed by atoms with Crippen LogP contribution in [0.5, 0.6) is 0 Å². The first kappa shape index (κ1) is 15.8. The summed E-state index contributed by atoms with van der Waals surface area (Å²) < 4.78 is 0. The van der Waals surface area contributed by atoms with Crippen LogP contribution in [0.4, 0.5) is 4.79 Å². The number of rotatable bonds is 7.